The van der Waals surface area contributed by atoms with Crippen LogP contribution in [0.25, 0.3) is 0 Å². The predicted molar refractivity (Wildman–Crippen MR) is 106 cm³/mol. The summed E-state index contributed by atoms with van der Waals surface area (Å²) in [6.45, 7) is 7.11. The van der Waals surface area contributed by atoms with Crippen molar-refractivity contribution in [3.05, 3.63) is 23.9 Å². The second kappa shape index (κ2) is 10.1. The fourth-order valence-corrected chi connectivity index (χ4v) is 3.44. The molecule has 29 heavy (non-hydrogen) atoms. The summed E-state index contributed by atoms with van der Waals surface area (Å²) in [5.41, 5.74) is 0.807. The van der Waals surface area contributed by atoms with Crippen molar-refractivity contribution in [3.8, 4) is 5.88 Å². The third kappa shape index (κ3) is 8.08. The fourth-order valence-electron chi connectivity index (χ4n) is 3.44. The first-order valence-corrected chi connectivity index (χ1v) is 9.79. The number of pyridine rings is 1. The molecule has 9 heteroatoms. The molecule has 6 nitrogen and oxygen atoms in total. The van der Waals surface area contributed by atoms with Crippen LogP contribution < -0.4 is 15.4 Å². The van der Waals surface area contributed by atoms with Gasteiger partial charge < -0.3 is 20.1 Å². The molecular weight excluding hydrogens is 385 g/mol. The molecule has 1 aliphatic rings. The monoisotopic (exact) mass is 416 g/mol. The van der Waals surface area contributed by atoms with Gasteiger partial charge in [-0.3, -0.25) is 4.99 Å². The SMILES string of the molecule is CN=C(NCc1ccnc(OCC(F)(F)F)c1)NCC1CCCOC1C(C)(C)C. The highest BCUT2D eigenvalue weighted by Gasteiger charge is 2.35. The smallest absolute Gasteiger partial charge is 0.422 e. The summed E-state index contributed by atoms with van der Waals surface area (Å²) in [7, 11) is 1.68. The molecule has 0 spiro atoms. The number of aliphatic imine (C=N–C) groups is 1. The number of nitrogens with zero attached hydrogens (tertiary/aromatic N) is 2. The number of guanidine groups is 1. The zero-order valence-corrected chi connectivity index (χ0v) is 17.5. The number of ether oxygens (including phenoxy) is 2. The normalized spacial score (nSPS) is 21.0. The standard InChI is InChI=1S/C20H31F3N4O2/c1-19(2,3)17-15(6-5-9-28-17)12-27-18(24-4)26-11-14-7-8-25-16(10-14)29-13-20(21,22)23/h7-8,10,15,17H,5-6,9,11-13H2,1-4H3,(H2,24,26,27). The average Bonchev–Trinajstić information content (AvgIpc) is 2.66. The summed E-state index contributed by atoms with van der Waals surface area (Å²) in [5, 5.41) is 6.51. The quantitative estimate of drug-likeness (QED) is 0.549. The molecule has 0 aromatic carbocycles. The lowest BCUT2D eigenvalue weighted by Crippen LogP contribution is -2.47. The van der Waals surface area contributed by atoms with Crippen LogP contribution in [-0.4, -0.2) is 50.0 Å². The van der Waals surface area contributed by atoms with Gasteiger partial charge in [-0.15, -0.1) is 0 Å². The van der Waals surface area contributed by atoms with Gasteiger partial charge in [0, 0.05) is 44.9 Å². The summed E-state index contributed by atoms with van der Waals surface area (Å²) in [4.78, 5) is 8.03. The van der Waals surface area contributed by atoms with Crippen molar-refractivity contribution in [2.24, 2.45) is 16.3 Å². The second-order valence-corrected chi connectivity index (χ2v) is 8.27. The molecule has 2 rings (SSSR count). The van der Waals surface area contributed by atoms with Crippen LogP contribution in [0.2, 0.25) is 0 Å². The zero-order valence-electron chi connectivity index (χ0n) is 17.5. The Morgan fingerprint density at radius 2 is 2.07 bits per heavy atom. The maximum Gasteiger partial charge on any atom is 0.422 e. The number of aromatic nitrogens is 1. The van der Waals surface area contributed by atoms with Crippen molar-refractivity contribution in [3.63, 3.8) is 0 Å². The van der Waals surface area contributed by atoms with E-state index in [1.807, 2.05) is 0 Å². The Kier molecular flexibility index (Phi) is 8.13. The Labute approximate surface area is 170 Å². The Bertz CT molecular complexity index is 674. The third-order valence-electron chi connectivity index (χ3n) is 4.70. The summed E-state index contributed by atoms with van der Waals surface area (Å²) >= 11 is 0. The molecule has 0 saturated carbocycles. The first kappa shape index (κ1) is 23.3. The van der Waals surface area contributed by atoms with Gasteiger partial charge in [0.15, 0.2) is 12.6 Å². The molecule has 2 N–H and O–H groups in total. The molecule has 1 aromatic heterocycles. The van der Waals surface area contributed by atoms with Gasteiger partial charge in [0.2, 0.25) is 5.88 Å². The summed E-state index contributed by atoms with van der Waals surface area (Å²) in [6.07, 6.45) is -0.656. The second-order valence-electron chi connectivity index (χ2n) is 8.27. The van der Waals surface area contributed by atoms with E-state index in [0.717, 1.165) is 31.6 Å². The number of rotatable bonds is 6. The third-order valence-corrected chi connectivity index (χ3v) is 4.70. The Morgan fingerprint density at radius 3 is 2.72 bits per heavy atom. The molecule has 1 aromatic rings. The van der Waals surface area contributed by atoms with Gasteiger partial charge in [-0.1, -0.05) is 20.8 Å². The average molecular weight is 416 g/mol. The highest BCUT2D eigenvalue weighted by Crippen LogP contribution is 2.33. The molecule has 2 unspecified atom stereocenters. The lowest BCUT2D eigenvalue weighted by Gasteiger charge is -2.40. The minimum Gasteiger partial charge on any atom is -0.468 e. The van der Waals surface area contributed by atoms with Gasteiger partial charge in [0.25, 0.3) is 0 Å². The molecule has 164 valence electrons. The van der Waals surface area contributed by atoms with E-state index in [0.29, 0.717) is 18.4 Å². The molecule has 0 radical (unpaired) electrons. The molecule has 1 aliphatic heterocycles. The van der Waals surface area contributed by atoms with Crippen LogP contribution in [0.4, 0.5) is 13.2 Å². The summed E-state index contributed by atoms with van der Waals surface area (Å²) < 4.78 is 47.5. The molecule has 2 atom stereocenters. The molecule has 2 heterocycles. The van der Waals surface area contributed by atoms with E-state index in [9.17, 15) is 13.2 Å². The van der Waals surface area contributed by atoms with E-state index in [1.54, 1.807) is 13.1 Å². The predicted octanol–water partition coefficient (Wildman–Crippen LogP) is 3.53. The minimum absolute atomic E-state index is 0.0584. The van der Waals surface area contributed by atoms with Crippen molar-refractivity contribution < 1.29 is 22.6 Å². The van der Waals surface area contributed by atoms with Crippen LogP contribution in [0.1, 0.15) is 39.2 Å². The number of alkyl halides is 3. The number of hydrogen-bond donors (Lipinski definition) is 2. The van der Waals surface area contributed by atoms with E-state index >= 15 is 0 Å². The maximum atomic E-state index is 12.3. The van der Waals surface area contributed by atoms with E-state index in [-0.39, 0.29) is 17.4 Å². The molecule has 0 bridgehead atoms. The summed E-state index contributed by atoms with van der Waals surface area (Å²) in [5.74, 6) is 0.945. The van der Waals surface area contributed by atoms with Crippen LogP contribution >= 0.6 is 0 Å². The largest absolute Gasteiger partial charge is 0.468 e. The first-order chi connectivity index (χ1) is 13.6. The van der Waals surface area contributed by atoms with E-state index in [4.69, 9.17) is 9.47 Å². The van der Waals surface area contributed by atoms with E-state index in [2.05, 4.69) is 41.4 Å². The highest BCUT2D eigenvalue weighted by atomic mass is 19.4. The van der Waals surface area contributed by atoms with Gasteiger partial charge >= 0.3 is 6.18 Å². The van der Waals surface area contributed by atoms with Gasteiger partial charge in [0.1, 0.15) is 0 Å². The van der Waals surface area contributed by atoms with Crippen molar-refractivity contribution in [1.29, 1.82) is 0 Å². The maximum absolute atomic E-state index is 12.3. The number of hydrogen-bond acceptors (Lipinski definition) is 4. The van der Waals surface area contributed by atoms with Gasteiger partial charge in [-0.05, 0) is 29.9 Å². The fraction of sp³-hybridized carbons (Fsp3) is 0.700. The zero-order chi connectivity index (χ0) is 21.5. The Hall–Kier alpha value is -2.03. The molecule has 0 aliphatic carbocycles. The highest BCUT2D eigenvalue weighted by molar-refractivity contribution is 5.79. The lowest BCUT2D eigenvalue weighted by molar-refractivity contribution is -0.154. The number of halogens is 3. The molecular formula is C20H31F3N4O2. The van der Waals surface area contributed by atoms with Gasteiger partial charge in [0.05, 0.1) is 6.10 Å². The Morgan fingerprint density at radius 1 is 1.31 bits per heavy atom. The summed E-state index contributed by atoms with van der Waals surface area (Å²) in [6, 6.07) is 3.20. The van der Waals surface area contributed by atoms with E-state index in [1.165, 1.54) is 12.3 Å². The minimum atomic E-state index is -4.39. The van der Waals surface area contributed by atoms with E-state index < -0.39 is 12.8 Å². The molecule has 0 amide bonds. The van der Waals surface area contributed by atoms with Crippen LogP contribution in [0, 0.1) is 11.3 Å². The lowest BCUT2D eigenvalue weighted by atomic mass is 9.78. The van der Waals surface area contributed by atoms with Crippen molar-refractivity contribution in [1.82, 2.24) is 15.6 Å². The van der Waals surface area contributed by atoms with Crippen molar-refractivity contribution in [2.75, 3.05) is 26.8 Å². The topological polar surface area (TPSA) is 67.8 Å². The molecule has 1 saturated heterocycles. The number of nitrogens with one attached hydrogen (secondary N) is 2. The first-order valence-electron chi connectivity index (χ1n) is 9.79. The van der Waals surface area contributed by atoms with Crippen molar-refractivity contribution >= 4 is 5.96 Å². The molecule has 1 fully saturated rings. The van der Waals surface area contributed by atoms with Gasteiger partial charge in [-0.2, -0.15) is 13.2 Å². The van der Waals surface area contributed by atoms with Crippen molar-refractivity contribution in [2.45, 2.75) is 52.4 Å². The van der Waals surface area contributed by atoms with Crippen LogP contribution in [0.5, 0.6) is 5.88 Å². The van der Waals surface area contributed by atoms with Gasteiger partial charge in [-0.25, -0.2) is 4.98 Å². The van der Waals surface area contributed by atoms with Crippen LogP contribution in [0.3, 0.4) is 0 Å². The van der Waals surface area contributed by atoms with Crippen LogP contribution in [-0.2, 0) is 11.3 Å². The van der Waals surface area contributed by atoms with Crippen LogP contribution in [0.15, 0.2) is 23.3 Å². The Balaban J connectivity index is 1.86.